The van der Waals surface area contributed by atoms with E-state index in [9.17, 15) is 14.7 Å². The highest BCUT2D eigenvalue weighted by Gasteiger charge is 2.50. The minimum Gasteiger partial charge on any atom is -0.461 e. The van der Waals surface area contributed by atoms with Gasteiger partial charge < -0.3 is 14.7 Å². The minimum atomic E-state index is -1.71. The number of para-hydroxylation sites is 1. The van der Waals surface area contributed by atoms with Gasteiger partial charge in [0.1, 0.15) is 5.75 Å². The minimum absolute atomic E-state index is 0.282. The molecule has 2 unspecified atom stereocenters. The van der Waals surface area contributed by atoms with Gasteiger partial charge in [-0.1, -0.05) is 12.1 Å². The number of aliphatic hydroxyl groups is 1. The molecule has 0 radical (unpaired) electrons. The number of urea groups is 1. The highest BCUT2D eigenvalue weighted by molar-refractivity contribution is 6.05. The third-order valence-corrected chi connectivity index (χ3v) is 3.05. The Morgan fingerprint density at radius 1 is 1.45 bits per heavy atom. The van der Waals surface area contributed by atoms with Crippen molar-refractivity contribution in [2.45, 2.75) is 18.8 Å². The topological polar surface area (TPSA) is 88.1 Å². The average Bonchev–Trinajstić information content (AvgIpc) is 2.42. The molecule has 0 bridgehead atoms. The summed E-state index contributed by atoms with van der Waals surface area (Å²) in [6.07, 6.45) is -1.52. The van der Waals surface area contributed by atoms with Crippen molar-refractivity contribution in [3.63, 3.8) is 0 Å². The van der Waals surface area contributed by atoms with E-state index in [4.69, 9.17) is 9.57 Å². The molecule has 7 nitrogen and oxygen atoms in total. The van der Waals surface area contributed by atoms with E-state index in [0.29, 0.717) is 5.56 Å². The number of hydroxylamine groups is 1. The van der Waals surface area contributed by atoms with Gasteiger partial charge in [0.2, 0.25) is 17.7 Å². The van der Waals surface area contributed by atoms with E-state index < -0.39 is 23.7 Å². The molecule has 1 aliphatic rings. The number of carbonyl (C=O) groups excluding carboxylic acids is 2. The molecule has 1 heterocycles. The van der Waals surface area contributed by atoms with Crippen LogP contribution in [0, 0.1) is 0 Å². The van der Waals surface area contributed by atoms with Crippen LogP contribution < -0.4 is 10.2 Å². The number of amides is 2. The summed E-state index contributed by atoms with van der Waals surface area (Å²) < 4.78 is 5.26. The number of ether oxygens (including phenoxy) is 1. The Bertz CT molecular complexity index is 545. The van der Waals surface area contributed by atoms with Crippen LogP contribution in [0.25, 0.3) is 0 Å². The van der Waals surface area contributed by atoms with Gasteiger partial charge in [-0.25, -0.2) is 10.3 Å². The number of benzene rings is 1. The first kappa shape index (κ1) is 14.3. The molecule has 7 heteroatoms. The number of fused-ring (bicyclic) bond motifs is 1. The van der Waals surface area contributed by atoms with Gasteiger partial charge in [0.15, 0.2) is 0 Å². The molecule has 2 rings (SSSR count). The predicted octanol–water partition coefficient (Wildman–Crippen LogP) is 0.542. The van der Waals surface area contributed by atoms with E-state index in [1.165, 1.54) is 25.9 Å². The van der Waals surface area contributed by atoms with E-state index in [-0.39, 0.29) is 5.75 Å². The molecule has 0 spiro atoms. The number of aliphatic hydroxyl groups excluding tert-OH is 1. The smallest absolute Gasteiger partial charge is 0.340 e. The molecule has 20 heavy (non-hydrogen) atoms. The molecule has 0 saturated carbocycles. The van der Waals surface area contributed by atoms with Crippen LogP contribution in [0.5, 0.6) is 5.75 Å². The lowest BCUT2D eigenvalue weighted by Crippen LogP contribution is -2.58. The summed E-state index contributed by atoms with van der Waals surface area (Å²) in [6.45, 7) is 1.35. The Balaban J connectivity index is 2.23. The maximum absolute atomic E-state index is 12.4. The lowest BCUT2D eigenvalue weighted by molar-refractivity contribution is -0.187. The Hall–Kier alpha value is -2.12. The Morgan fingerprint density at radius 2 is 2.10 bits per heavy atom. The molecule has 0 aromatic heterocycles. The Labute approximate surface area is 116 Å². The lowest BCUT2D eigenvalue weighted by Gasteiger charge is -2.36. The molecular formula is C13H16N2O5. The normalized spacial score (nSPS) is 24.6. The molecule has 0 fully saturated rings. The Kier molecular flexibility index (Phi) is 3.65. The standard InChI is InChI=1S/C13H16N2O5/c1-13(20-14-12(18)15(2)3)10(16)8-6-4-5-7-9(8)19-11(13)17/h4-7,11,17H,1-3H3,(H,14,18). The predicted molar refractivity (Wildman–Crippen MR) is 69.1 cm³/mol. The summed E-state index contributed by atoms with van der Waals surface area (Å²) in [5.74, 6) is -0.184. The highest BCUT2D eigenvalue weighted by atomic mass is 16.7. The first-order chi connectivity index (χ1) is 9.36. The maximum atomic E-state index is 12.4. The summed E-state index contributed by atoms with van der Waals surface area (Å²) in [7, 11) is 3.04. The van der Waals surface area contributed by atoms with Crippen molar-refractivity contribution in [2.75, 3.05) is 14.1 Å². The number of hydrogen-bond acceptors (Lipinski definition) is 5. The molecule has 0 aliphatic carbocycles. The van der Waals surface area contributed by atoms with Gasteiger partial charge in [-0.3, -0.25) is 9.63 Å². The average molecular weight is 280 g/mol. The SMILES string of the molecule is CN(C)C(=O)NOC1(C)C(=O)c2ccccc2OC1O. The summed E-state index contributed by atoms with van der Waals surface area (Å²) in [6, 6.07) is 5.96. The zero-order valence-electron chi connectivity index (χ0n) is 11.4. The number of nitrogens with one attached hydrogen (secondary N) is 1. The zero-order valence-corrected chi connectivity index (χ0v) is 11.4. The number of ketones is 1. The molecule has 2 amide bonds. The van der Waals surface area contributed by atoms with Crippen molar-refractivity contribution in [1.82, 2.24) is 10.4 Å². The van der Waals surface area contributed by atoms with Gasteiger partial charge in [-0.15, -0.1) is 0 Å². The number of rotatable bonds is 2. The highest BCUT2D eigenvalue weighted by Crippen LogP contribution is 2.33. The van der Waals surface area contributed by atoms with Crippen LogP contribution in [-0.2, 0) is 4.84 Å². The van der Waals surface area contributed by atoms with Crippen molar-refractivity contribution in [2.24, 2.45) is 0 Å². The third kappa shape index (κ3) is 2.33. The fourth-order valence-electron chi connectivity index (χ4n) is 1.71. The van der Waals surface area contributed by atoms with Crippen LogP contribution >= 0.6 is 0 Å². The maximum Gasteiger partial charge on any atom is 0.340 e. The van der Waals surface area contributed by atoms with E-state index in [0.717, 1.165) is 0 Å². The van der Waals surface area contributed by atoms with Gasteiger partial charge >= 0.3 is 6.03 Å². The van der Waals surface area contributed by atoms with Gasteiger partial charge in [-0.05, 0) is 19.1 Å². The number of carbonyl (C=O) groups is 2. The summed E-state index contributed by atoms with van der Waals surface area (Å²) in [5.41, 5.74) is 0.693. The van der Waals surface area contributed by atoms with Crippen LogP contribution in [0.4, 0.5) is 4.79 Å². The van der Waals surface area contributed by atoms with Crippen molar-refractivity contribution in [1.29, 1.82) is 0 Å². The molecule has 108 valence electrons. The summed E-state index contributed by atoms with van der Waals surface area (Å²) in [5, 5.41) is 9.96. The van der Waals surface area contributed by atoms with Crippen molar-refractivity contribution < 1.29 is 24.3 Å². The van der Waals surface area contributed by atoms with Crippen molar-refractivity contribution in [3.05, 3.63) is 29.8 Å². The van der Waals surface area contributed by atoms with Gasteiger partial charge in [0.25, 0.3) is 0 Å². The summed E-state index contributed by atoms with van der Waals surface area (Å²) in [4.78, 5) is 30.2. The fraction of sp³-hybridized carbons (Fsp3) is 0.385. The monoisotopic (exact) mass is 280 g/mol. The zero-order chi connectivity index (χ0) is 14.9. The first-order valence-electron chi connectivity index (χ1n) is 6.00. The molecular weight excluding hydrogens is 264 g/mol. The van der Waals surface area contributed by atoms with E-state index >= 15 is 0 Å². The van der Waals surface area contributed by atoms with E-state index in [1.807, 2.05) is 0 Å². The molecule has 1 aliphatic heterocycles. The molecule has 2 atom stereocenters. The van der Waals surface area contributed by atoms with Crippen molar-refractivity contribution in [3.8, 4) is 5.75 Å². The fourth-order valence-corrected chi connectivity index (χ4v) is 1.71. The first-order valence-corrected chi connectivity index (χ1v) is 6.00. The Morgan fingerprint density at radius 3 is 2.75 bits per heavy atom. The van der Waals surface area contributed by atoms with Crippen LogP contribution in [-0.4, -0.2) is 47.8 Å². The van der Waals surface area contributed by atoms with Crippen LogP contribution in [0.15, 0.2) is 24.3 Å². The third-order valence-electron chi connectivity index (χ3n) is 3.05. The van der Waals surface area contributed by atoms with E-state index in [1.54, 1.807) is 24.3 Å². The van der Waals surface area contributed by atoms with Crippen molar-refractivity contribution >= 4 is 11.8 Å². The van der Waals surface area contributed by atoms with Gasteiger partial charge in [-0.2, -0.15) is 0 Å². The van der Waals surface area contributed by atoms with Crippen LogP contribution in [0.1, 0.15) is 17.3 Å². The molecule has 1 aromatic rings. The molecule has 1 aromatic carbocycles. The van der Waals surface area contributed by atoms with Gasteiger partial charge in [0, 0.05) is 14.1 Å². The molecule has 0 saturated heterocycles. The van der Waals surface area contributed by atoms with Crippen LogP contribution in [0.2, 0.25) is 0 Å². The quantitative estimate of drug-likeness (QED) is 0.772. The number of hydrogen-bond donors (Lipinski definition) is 2. The second-order valence-corrected chi connectivity index (χ2v) is 4.81. The second kappa shape index (κ2) is 5.10. The molecule has 2 N–H and O–H groups in total. The lowest BCUT2D eigenvalue weighted by atomic mass is 9.91. The summed E-state index contributed by atoms with van der Waals surface area (Å²) >= 11 is 0. The van der Waals surface area contributed by atoms with Crippen LogP contribution in [0.3, 0.4) is 0 Å². The van der Waals surface area contributed by atoms with Gasteiger partial charge in [0.05, 0.1) is 5.56 Å². The second-order valence-electron chi connectivity index (χ2n) is 4.81. The van der Waals surface area contributed by atoms with E-state index in [2.05, 4.69) is 5.48 Å². The number of Topliss-reactive ketones (excluding diaryl/α,β-unsaturated/α-hetero) is 1. The number of nitrogens with zero attached hydrogens (tertiary/aromatic N) is 1. The largest absolute Gasteiger partial charge is 0.461 e.